The second kappa shape index (κ2) is 6.15. The van der Waals surface area contributed by atoms with Gasteiger partial charge in [-0.15, -0.1) is 11.3 Å². The predicted molar refractivity (Wildman–Crippen MR) is 77.6 cm³/mol. The Balaban J connectivity index is 2.07. The van der Waals surface area contributed by atoms with Crippen molar-refractivity contribution < 1.29 is 9.59 Å². The smallest absolute Gasteiger partial charge is 0.265 e. The van der Waals surface area contributed by atoms with Crippen LogP contribution in [-0.2, 0) is 4.79 Å². The molecule has 1 aromatic heterocycles. The number of thiophene rings is 1. The van der Waals surface area contributed by atoms with Gasteiger partial charge in [-0.1, -0.05) is 19.1 Å². The van der Waals surface area contributed by atoms with Gasteiger partial charge in [0.1, 0.15) is 0 Å². The maximum Gasteiger partial charge on any atom is 0.265 e. The van der Waals surface area contributed by atoms with Crippen LogP contribution in [0.2, 0.25) is 0 Å². The third-order valence-electron chi connectivity index (χ3n) is 2.47. The maximum atomic E-state index is 11.9. The molecule has 0 atom stereocenters. The summed E-state index contributed by atoms with van der Waals surface area (Å²) in [6.07, 6.45) is 0.422. The highest BCUT2D eigenvalue weighted by molar-refractivity contribution is 7.12. The van der Waals surface area contributed by atoms with E-state index in [1.165, 1.54) is 11.3 Å². The molecule has 0 fully saturated rings. The van der Waals surface area contributed by atoms with E-state index < -0.39 is 0 Å². The van der Waals surface area contributed by atoms with E-state index in [4.69, 9.17) is 0 Å². The van der Waals surface area contributed by atoms with E-state index in [2.05, 4.69) is 10.6 Å². The Morgan fingerprint density at radius 2 is 1.84 bits per heavy atom. The fourth-order valence-electron chi connectivity index (χ4n) is 1.52. The number of anilines is 2. The van der Waals surface area contributed by atoms with Gasteiger partial charge in [-0.3, -0.25) is 9.59 Å². The Labute approximate surface area is 115 Å². The Hall–Kier alpha value is -2.14. The number of carbonyl (C=O) groups is 2. The van der Waals surface area contributed by atoms with E-state index in [1.54, 1.807) is 37.3 Å². The number of carbonyl (C=O) groups excluding carboxylic acids is 2. The van der Waals surface area contributed by atoms with Crippen molar-refractivity contribution in [2.24, 2.45) is 0 Å². The summed E-state index contributed by atoms with van der Waals surface area (Å²) < 4.78 is 0. The molecule has 5 heteroatoms. The van der Waals surface area contributed by atoms with Gasteiger partial charge < -0.3 is 10.6 Å². The average Bonchev–Trinajstić information content (AvgIpc) is 2.93. The van der Waals surface area contributed by atoms with Crippen molar-refractivity contribution in [1.29, 1.82) is 0 Å². The lowest BCUT2D eigenvalue weighted by Crippen LogP contribution is -2.12. The van der Waals surface area contributed by atoms with Gasteiger partial charge in [0, 0.05) is 17.8 Å². The van der Waals surface area contributed by atoms with Gasteiger partial charge >= 0.3 is 0 Å². The molecule has 0 saturated heterocycles. The van der Waals surface area contributed by atoms with Gasteiger partial charge in [0.25, 0.3) is 5.91 Å². The van der Waals surface area contributed by atoms with Crippen LogP contribution in [0.4, 0.5) is 11.4 Å². The van der Waals surface area contributed by atoms with Crippen molar-refractivity contribution in [3.63, 3.8) is 0 Å². The zero-order valence-electron chi connectivity index (χ0n) is 10.5. The number of amides is 2. The molecule has 0 aliphatic carbocycles. The van der Waals surface area contributed by atoms with Crippen molar-refractivity contribution in [2.45, 2.75) is 13.3 Å². The van der Waals surface area contributed by atoms with Crippen molar-refractivity contribution >= 4 is 34.5 Å². The molecule has 0 radical (unpaired) electrons. The van der Waals surface area contributed by atoms with Crippen molar-refractivity contribution in [3.05, 3.63) is 46.7 Å². The zero-order valence-corrected chi connectivity index (χ0v) is 11.3. The molecular formula is C14H14N2O2S. The van der Waals surface area contributed by atoms with Gasteiger partial charge in [0.2, 0.25) is 5.91 Å². The number of nitrogens with one attached hydrogen (secondary N) is 2. The zero-order chi connectivity index (χ0) is 13.7. The molecule has 1 heterocycles. The molecule has 2 aromatic rings. The molecule has 2 N–H and O–H groups in total. The van der Waals surface area contributed by atoms with Gasteiger partial charge in [-0.2, -0.15) is 0 Å². The molecule has 0 aliphatic rings. The standard InChI is InChI=1S/C14H14N2O2S/c1-2-13(17)15-10-5-3-6-11(9-10)16-14(18)12-7-4-8-19-12/h3-9H,2H2,1H3,(H,15,17)(H,16,18). The summed E-state index contributed by atoms with van der Waals surface area (Å²) in [5, 5.41) is 7.40. The fourth-order valence-corrected chi connectivity index (χ4v) is 2.14. The Morgan fingerprint density at radius 1 is 1.11 bits per heavy atom. The molecule has 4 nitrogen and oxygen atoms in total. The molecule has 0 aliphatic heterocycles. The molecule has 0 bridgehead atoms. The lowest BCUT2D eigenvalue weighted by atomic mass is 10.2. The van der Waals surface area contributed by atoms with E-state index in [1.807, 2.05) is 11.4 Å². The first-order valence-corrected chi connectivity index (χ1v) is 6.82. The quantitative estimate of drug-likeness (QED) is 0.898. The lowest BCUT2D eigenvalue weighted by molar-refractivity contribution is -0.115. The molecule has 0 unspecified atom stereocenters. The van der Waals surface area contributed by atoms with Gasteiger partial charge in [0.15, 0.2) is 0 Å². The van der Waals surface area contributed by atoms with E-state index >= 15 is 0 Å². The summed E-state index contributed by atoms with van der Waals surface area (Å²) in [6, 6.07) is 10.7. The lowest BCUT2D eigenvalue weighted by Gasteiger charge is -2.07. The minimum Gasteiger partial charge on any atom is -0.326 e. The summed E-state index contributed by atoms with van der Waals surface area (Å²) >= 11 is 1.39. The molecule has 1 aromatic carbocycles. The molecule has 0 saturated carbocycles. The van der Waals surface area contributed by atoms with E-state index in [9.17, 15) is 9.59 Å². The molecule has 98 valence electrons. The Morgan fingerprint density at radius 3 is 2.47 bits per heavy atom. The topological polar surface area (TPSA) is 58.2 Å². The average molecular weight is 274 g/mol. The first kappa shape index (κ1) is 13.3. The summed E-state index contributed by atoms with van der Waals surface area (Å²) in [5.41, 5.74) is 1.34. The Bertz CT molecular complexity index is 579. The van der Waals surface area contributed by atoms with Crippen LogP contribution in [0.1, 0.15) is 23.0 Å². The van der Waals surface area contributed by atoms with Crippen molar-refractivity contribution in [2.75, 3.05) is 10.6 Å². The Kier molecular flexibility index (Phi) is 4.30. The van der Waals surface area contributed by atoms with E-state index in [-0.39, 0.29) is 11.8 Å². The van der Waals surface area contributed by atoms with Crippen LogP contribution in [0.25, 0.3) is 0 Å². The monoisotopic (exact) mass is 274 g/mol. The van der Waals surface area contributed by atoms with Crippen LogP contribution in [0.15, 0.2) is 41.8 Å². The second-order valence-corrected chi connectivity index (χ2v) is 4.86. The van der Waals surface area contributed by atoms with Crippen molar-refractivity contribution in [3.8, 4) is 0 Å². The number of benzene rings is 1. The fraction of sp³-hybridized carbons (Fsp3) is 0.143. The predicted octanol–water partition coefficient (Wildman–Crippen LogP) is 3.35. The number of rotatable bonds is 4. The molecule has 19 heavy (non-hydrogen) atoms. The van der Waals surface area contributed by atoms with Crippen LogP contribution < -0.4 is 10.6 Å². The van der Waals surface area contributed by atoms with Crippen LogP contribution in [0, 0.1) is 0 Å². The maximum absolute atomic E-state index is 11.9. The highest BCUT2D eigenvalue weighted by atomic mass is 32.1. The normalized spacial score (nSPS) is 9.95. The molecular weight excluding hydrogens is 260 g/mol. The van der Waals surface area contributed by atoms with Crippen molar-refractivity contribution in [1.82, 2.24) is 0 Å². The minimum absolute atomic E-state index is 0.0540. The summed E-state index contributed by atoms with van der Waals surface area (Å²) in [6.45, 7) is 1.79. The third-order valence-corrected chi connectivity index (χ3v) is 3.34. The van der Waals surface area contributed by atoms with Crippen LogP contribution >= 0.6 is 11.3 Å². The van der Waals surface area contributed by atoms with Gasteiger partial charge in [-0.25, -0.2) is 0 Å². The van der Waals surface area contributed by atoms with Crippen LogP contribution in [0.5, 0.6) is 0 Å². The largest absolute Gasteiger partial charge is 0.326 e. The number of hydrogen-bond donors (Lipinski definition) is 2. The summed E-state index contributed by atoms with van der Waals surface area (Å²) in [5.74, 6) is -0.198. The second-order valence-electron chi connectivity index (χ2n) is 3.91. The first-order chi connectivity index (χ1) is 9.19. The minimum atomic E-state index is -0.144. The van der Waals surface area contributed by atoms with E-state index in [0.29, 0.717) is 22.7 Å². The molecule has 0 spiro atoms. The highest BCUT2D eigenvalue weighted by Crippen LogP contribution is 2.17. The van der Waals surface area contributed by atoms with Crippen LogP contribution in [0.3, 0.4) is 0 Å². The molecule has 2 rings (SSSR count). The molecule has 2 amide bonds. The van der Waals surface area contributed by atoms with Gasteiger partial charge in [0.05, 0.1) is 4.88 Å². The third kappa shape index (κ3) is 3.66. The highest BCUT2D eigenvalue weighted by Gasteiger charge is 2.07. The summed E-state index contributed by atoms with van der Waals surface area (Å²) in [7, 11) is 0. The summed E-state index contributed by atoms with van der Waals surface area (Å²) in [4.78, 5) is 23.8. The van der Waals surface area contributed by atoms with E-state index in [0.717, 1.165) is 0 Å². The SMILES string of the molecule is CCC(=O)Nc1cccc(NC(=O)c2cccs2)c1. The first-order valence-electron chi connectivity index (χ1n) is 5.94. The van der Waals surface area contributed by atoms with Gasteiger partial charge in [-0.05, 0) is 29.6 Å². The van der Waals surface area contributed by atoms with Crippen LogP contribution in [-0.4, -0.2) is 11.8 Å². The number of hydrogen-bond acceptors (Lipinski definition) is 3.